The molecular formula is C17H22F3N. The summed E-state index contributed by atoms with van der Waals surface area (Å²) in [6.45, 7) is 5.81. The summed E-state index contributed by atoms with van der Waals surface area (Å²) in [6.07, 6.45) is -1.86. The summed E-state index contributed by atoms with van der Waals surface area (Å²) < 4.78 is 38.9. The summed E-state index contributed by atoms with van der Waals surface area (Å²) in [5, 5.41) is 0. The van der Waals surface area contributed by atoms with Crippen LogP contribution in [-0.2, 0) is 13.1 Å². The van der Waals surface area contributed by atoms with Crippen molar-refractivity contribution >= 4 is 0 Å². The standard InChI is InChI=1S/C17H22F3N/c1-11-6-13-9-21(10-14(13)7-12(11)2)16-5-3-4-15(8-16)17(18,19)20/h6-7,15-16H,3-5,8-10H2,1-2H3. The Kier molecular flexibility index (Phi) is 3.76. The summed E-state index contributed by atoms with van der Waals surface area (Å²) in [5.74, 6) is -1.11. The van der Waals surface area contributed by atoms with Gasteiger partial charge in [-0.1, -0.05) is 18.6 Å². The molecule has 3 rings (SSSR count). The number of nitrogens with zero attached hydrogens (tertiary/aromatic N) is 1. The van der Waals surface area contributed by atoms with Crippen molar-refractivity contribution in [2.24, 2.45) is 5.92 Å². The van der Waals surface area contributed by atoms with Gasteiger partial charge in [0, 0.05) is 19.1 Å². The maximum absolute atomic E-state index is 13.0. The second kappa shape index (κ2) is 5.31. The van der Waals surface area contributed by atoms with Gasteiger partial charge >= 0.3 is 6.18 Å². The van der Waals surface area contributed by atoms with Gasteiger partial charge in [-0.25, -0.2) is 0 Å². The van der Waals surface area contributed by atoms with Crippen LogP contribution in [0.4, 0.5) is 13.2 Å². The Morgan fingerprint density at radius 3 is 2.10 bits per heavy atom. The van der Waals surface area contributed by atoms with Crippen molar-refractivity contribution in [1.82, 2.24) is 4.90 Å². The third-order valence-electron chi connectivity index (χ3n) is 5.19. The highest BCUT2D eigenvalue weighted by Gasteiger charge is 2.43. The summed E-state index contributed by atoms with van der Waals surface area (Å²) in [4.78, 5) is 2.25. The maximum Gasteiger partial charge on any atom is 0.391 e. The van der Waals surface area contributed by atoms with Crippen molar-refractivity contribution in [3.05, 3.63) is 34.4 Å². The third kappa shape index (κ3) is 2.96. The molecule has 1 heterocycles. The van der Waals surface area contributed by atoms with E-state index in [1.807, 2.05) is 0 Å². The molecule has 1 nitrogen and oxygen atoms in total. The molecule has 0 N–H and O–H groups in total. The molecule has 2 aliphatic rings. The predicted octanol–water partition coefficient (Wildman–Crippen LogP) is 4.74. The van der Waals surface area contributed by atoms with Crippen LogP contribution in [0.3, 0.4) is 0 Å². The number of benzene rings is 1. The predicted molar refractivity (Wildman–Crippen MR) is 77.0 cm³/mol. The summed E-state index contributed by atoms with van der Waals surface area (Å²) in [6, 6.07) is 4.49. The summed E-state index contributed by atoms with van der Waals surface area (Å²) in [5.41, 5.74) is 5.14. The lowest BCUT2D eigenvalue weighted by molar-refractivity contribution is -0.186. The molecule has 0 bridgehead atoms. The van der Waals surface area contributed by atoms with Gasteiger partial charge in [0.25, 0.3) is 0 Å². The van der Waals surface area contributed by atoms with Crippen LogP contribution in [0.1, 0.15) is 47.9 Å². The molecule has 1 fully saturated rings. The molecule has 0 spiro atoms. The molecule has 0 saturated heterocycles. The highest BCUT2D eigenvalue weighted by Crippen LogP contribution is 2.40. The average molecular weight is 297 g/mol. The van der Waals surface area contributed by atoms with Crippen molar-refractivity contribution in [3.8, 4) is 0 Å². The fraction of sp³-hybridized carbons (Fsp3) is 0.647. The number of alkyl halides is 3. The Labute approximate surface area is 124 Å². The molecule has 2 atom stereocenters. The molecule has 1 saturated carbocycles. The topological polar surface area (TPSA) is 3.24 Å². The van der Waals surface area contributed by atoms with Crippen LogP contribution >= 0.6 is 0 Å². The van der Waals surface area contributed by atoms with E-state index in [1.54, 1.807) is 0 Å². The van der Waals surface area contributed by atoms with E-state index in [1.165, 1.54) is 22.3 Å². The minimum Gasteiger partial charge on any atom is -0.292 e. The van der Waals surface area contributed by atoms with Crippen LogP contribution < -0.4 is 0 Å². The van der Waals surface area contributed by atoms with Crippen molar-refractivity contribution in [2.75, 3.05) is 0 Å². The monoisotopic (exact) mass is 297 g/mol. The second-order valence-electron chi connectivity index (χ2n) is 6.67. The Bertz CT molecular complexity index is 505. The molecule has 1 aromatic carbocycles. The molecule has 116 valence electrons. The van der Waals surface area contributed by atoms with Crippen LogP contribution in [0.25, 0.3) is 0 Å². The zero-order chi connectivity index (χ0) is 15.2. The largest absolute Gasteiger partial charge is 0.391 e. The lowest BCUT2D eigenvalue weighted by Gasteiger charge is -2.35. The number of aryl methyl sites for hydroxylation is 2. The fourth-order valence-electron chi connectivity index (χ4n) is 3.77. The number of fused-ring (bicyclic) bond motifs is 1. The smallest absolute Gasteiger partial charge is 0.292 e. The molecule has 1 aliphatic carbocycles. The average Bonchev–Trinajstić information content (AvgIpc) is 2.81. The summed E-state index contributed by atoms with van der Waals surface area (Å²) in [7, 11) is 0. The normalized spacial score (nSPS) is 26.9. The Balaban J connectivity index is 1.72. The highest BCUT2D eigenvalue weighted by atomic mass is 19.4. The van der Waals surface area contributed by atoms with Crippen LogP contribution in [0.15, 0.2) is 12.1 Å². The fourth-order valence-corrected chi connectivity index (χ4v) is 3.77. The molecule has 2 unspecified atom stereocenters. The van der Waals surface area contributed by atoms with Crippen LogP contribution in [-0.4, -0.2) is 17.1 Å². The van der Waals surface area contributed by atoms with Crippen molar-refractivity contribution < 1.29 is 13.2 Å². The Morgan fingerprint density at radius 2 is 1.57 bits per heavy atom. The van der Waals surface area contributed by atoms with Gasteiger partial charge in [-0.05, 0) is 55.4 Å². The first kappa shape index (κ1) is 14.9. The van der Waals surface area contributed by atoms with E-state index in [4.69, 9.17) is 0 Å². The highest BCUT2D eigenvalue weighted by molar-refractivity contribution is 5.39. The van der Waals surface area contributed by atoms with E-state index in [0.717, 1.165) is 19.5 Å². The number of halogens is 3. The van der Waals surface area contributed by atoms with Gasteiger partial charge in [0.05, 0.1) is 5.92 Å². The van der Waals surface area contributed by atoms with E-state index in [0.29, 0.717) is 12.8 Å². The first-order valence-electron chi connectivity index (χ1n) is 7.74. The van der Waals surface area contributed by atoms with Gasteiger partial charge in [0.2, 0.25) is 0 Å². The molecule has 0 aromatic heterocycles. The third-order valence-corrected chi connectivity index (χ3v) is 5.19. The molecule has 1 aromatic rings. The number of rotatable bonds is 1. The van der Waals surface area contributed by atoms with Gasteiger partial charge in [-0.3, -0.25) is 4.90 Å². The van der Waals surface area contributed by atoms with Gasteiger partial charge in [0.1, 0.15) is 0 Å². The second-order valence-corrected chi connectivity index (χ2v) is 6.67. The Hall–Kier alpha value is -1.03. The maximum atomic E-state index is 13.0. The van der Waals surface area contributed by atoms with Crippen molar-refractivity contribution in [2.45, 2.75) is 64.8 Å². The van der Waals surface area contributed by atoms with Gasteiger partial charge in [-0.15, -0.1) is 0 Å². The van der Waals surface area contributed by atoms with Crippen LogP contribution in [0, 0.1) is 19.8 Å². The lowest BCUT2D eigenvalue weighted by atomic mass is 9.84. The summed E-state index contributed by atoms with van der Waals surface area (Å²) >= 11 is 0. The molecule has 4 heteroatoms. The molecule has 0 radical (unpaired) electrons. The van der Waals surface area contributed by atoms with Crippen molar-refractivity contribution in [3.63, 3.8) is 0 Å². The first-order valence-corrected chi connectivity index (χ1v) is 7.74. The van der Waals surface area contributed by atoms with E-state index in [2.05, 4.69) is 30.9 Å². The van der Waals surface area contributed by atoms with Crippen LogP contribution in [0.2, 0.25) is 0 Å². The minimum absolute atomic E-state index is 0.0818. The van der Waals surface area contributed by atoms with E-state index in [9.17, 15) is 13.2 Å². The zero-order valence-corrected chi connectivity index (χ0v) is 12.6. The van der Waals surface area contributed by atoms with Crippen molar-refractivity contribution in [1.29, 1.82) is 0 Å². The van der Waals surface area contributed by atoms with E-state index >= 15 is 0 Å². The minimum atomic E-state index is -4.03. The van der Waals surface area contributed by atoms with Crippen LogP contribution in [0.5, 0.6) is 0 Å². The number of hydrogen-bond acceptors (Lipinski definition) is 1. The Morgan fingerprint density at radius 1 is 1.00 bits per heavy atom. The SMILES string of the molecule is Cc1cc2c(cc1C)CN(C1CCCC(C(F)(F)F)C1)C2. The zero-order valence-electron chi connectivity index (χ0n) is 12.6. The molecule has 21 heavy (non-hydrogen) atoms. The quantitative estimate of drug-likeness (QED) is 0.723. The van der Waals surface area contributed by atoms with Gasteiger partial charge in [-0.2, -0.15) is 13.2 Å². The molecule has 1 aliphatic heterocycles. The molecular weight excluding hydrogens is 275 g/mol. The van der Waals surface area contributed by atoms with E-state index < -0.39 is 12.1 Å². The van der Waals surface area contributed by atoms with Gasteiger partial charge < -0.3 is 0 Å². The molecule has 0 amide bonds. The lowest BCUT2D eigenvalue weighted by Crippen LogP contribution is -2.39. The number of hydrogen-bond donors (Lipinski definition) is 0. The van der Waals surface area contributed by atoms with Gasteiger partial charge in [0.15, 0.2) is 0 Å². The van der Waals surface area contributed by atoms with E-state index in [-0.39, 0.29) is 12.5 Å². The first-order chi connectivity index (χ1) is 9.84.